The lowest BCUT2D eigenvalue weighted by Crippen LogP contribution is -2.26. The van der Waals surface area contributed by atoms with E-state index in [1.165, 1.54) is 35.1 Å². The average Bonchev–Trinajstić information content (AvgIpc) is 3.31. The van der Waals surface area contributed by atoms with E-state index in [1.807, 2.05) is 0 Å². The first-order chi connectivity index (χ1) is 10.1. The molecule has 0 bridgehead atoms. The molecule has 0 radical (unpaired) electrons. The highest BCUT2D eigenvalue weighted by Crippen LogP contribution is 2.42. The summed E-state index contributed by atoms with van der Waals surface area (Å²) in [6.07, 6.45) is 2.71. The van der Waals surface area contributed by atoms with Crippen LogP contribution in [0.5, 0.6) is 0 Å². The van der Waals surface area contributed by atoms with Crippen LogP contribution in [0.25, 0.3) is 0 Å². The first-order valence-electron chi connectivity index (χ1n) is 8.03. The van der Waals surface area contributed by atoms with Crippen LogP contribution in [-0.2, 0) is 0 Å². The predicted octanol–water partition coefficient (Wildman–Crippen LogP) is 5.11. The van der Waals surface area contributed by atoms with Crippen LogP contribution in [0.1, 0.15) is 54.1 Å². The van der Waals surface area contributed by atoms with Crippen LogP contribution >= 0.6 is 0 Å². The summed E-state index contributed by atoms with van der Waals surface area (Å²) in [6, 6.07) is 18.6. The third-order valence-corrected chi connectivity index (χ3v) is 4.61. The molecule has 1 aliphatic carbocycles. The van der Waals surface area contributed by atoms with Gasteiger partial charge < -0.3 is 5.32 Å². The number of nitrogens with one attached hydrogen (secondary N) is 1. The number of rotatable bonds is 5. The maximum absolute atomic E-state index is 3.87. The summed E-state index contributed by atoms with van der Waals surface area (Å²) >= 11 is 0. The summed E-state index contributed by atoms with van der Waals surface area (Å²) < 4.78 is 0. The number of hydrogen-bond donors (Lipinski definition) is 1. The van der Waals surface area contributed by atoms with Crippen molar-refractivity contribution in [3.8, 4) is 0 Å². The first kappa shape index (κ1) is 14.3. The van der Waals surface area contributed by atoms with Crippen LogP contribution in [-0.4, -0.2) is 0 Å². The summed E-state index contributed by atoms with van der Waals surface area (Å²) in [5.74, 6) is 0.805. The molecule has 1 fully saturated rings. The first-order valence-corrected chi connectivity index (χ1v) is 8.03. The zero-order valence-electron chi connectivity index (χ0n) is 13.3. The van der Waals surface area contributed by atoms with Crippen LogP contribution in [0.3, 0.4) is 0 Å². The quantitative estimate of drug-likeness (QED) is 0.802. The van der Waals surface area contributed by atoms with Crippen LogP contribution in [0.2, 0.25) is 0 Å². The van der Waals surface area contributed by atoms with Crippen molar-refractivity contribution in [1.82, 2.24) is 5.32 Å². The second-order valence-corrected chi connectivity index (χ2v) is 6.47. The summed E-state index contributed by atoms with van der Waals surface area (Å²) in [5.41, 5.74) is 5.55. The van der Waals surface area contributed by atoms with Gasteiger partial charge in [0, 0.05) is 12.1 Å². The predicted molar refractivity (Wildman–Crippen MR) is 89.4 cm³/mol. The fraction of sp³-hybridized carbons (Fsp3) is 0.400. The SMILES string of the molecule is Cc1ccc(C(NC(C)c2ccccc2C)C2CC2)cc1. The highest BCUT2D eigenvalue weighted by molar-refractivity contribution is 5.30. The van der Waals surface area contributed by atoms with Crippen molar-refractivity contribution < 1.29 is 0 Å². The number of aryl methyl sites for hydroxylation is 2. The van der Waals surface area contributed by atoms with Crippen molar-refractivity contribution in [3.05, 3.63) is 70.8 Å². The van der Waals surface area contributed by atoms with Gasteiger partial charge in [0.2, 0.25) is 0 Å². The summed E-state index contributed by atoms with van der Waals surface area (Å²) in [4.78, 5) is 0. The third kappa shape index (κ3) is 3.36. The van der Waals surface area contributed by atoms with Crippen molar-refractivity contribution in [3.63, 3.8) is 0 Å². The maximum atomic E-state index is 3.87. The second-order valence-electron chi connectivity index (χ2n) is 6.47. The fourth-order valence-electron chi connectivity index (χ4n) is 3.14. The normalized spacial score (nSPS) is 17.5. The minimum absolute atomic E-state index is 0.387. The van der Waals surface area contributed by atoms with Gasteiger partial charge in [-0.15, -0.1) is 0 Å². The van der Waals surface area contributed by atoms with Gasteiger partial charge in [-0.25, -0.2) is 0 Å². The average molecular weight is 279 g/mol. The van der Waals surface area contributed by atoms with Gasteiger partial charge >= 0.3 is 0 Å². The largest absolute Gasteiger partial charge is 0.303 e. The molecule has 2 aromatic carbocycles. The Balaban J connectivity index is 1.79. The molecule has 1 saturated carbocycles. The van der Waals surface area contributed by atoms with Crippen molar-refractivity contribution in [1.29, 1.82) is 0 Å². The Kier molecular flexibility index (Phi) is 4.12. The Morgan fingerprint density at radius 3 is 2.24 bits per heavy atom. The zero-order valence-corrected chi connectivity index (χ0v) is 13.3. The lowest BCUT2D eigenvalue weighted by Gasteiger charge is -2.25. The topological polar surface area (TPSA) is 12.0 Å². The van der Waals surface area contributed by atoms with Gasteiger partial charge in [0.25, 0.3) is 0 Å². The maximum Gasteiger partial charge on any atom is 0.0353 e. The van der Waals surface area contributed by atoms with Crippen molar-refractivity contribution >= 4 is 0 Å². The molecule has 0 aliphatic heterocycles. The van der Waals surface area contributed by atoms with Gasteiger partial charge in [0.05, 0.1) is 0 Å². The Labute approximate surface area is 128 Å². The summed E-state index contributed by atoms with van der Waals surface area (Å²) in [7, 11) is 0. The minimum atomic E-state index is 0.387. The Morgan fingerprint density at radius 1 is 0.952 bits per heavy atom. The highest BCUT2D eigenvalue weighted by atomic mass is 15.0. The lowest BCUT2D eigenvalue weighted by atomic mass is 9.97. The number of benzene rings is 2. The molecule has 1 aliphatic rings. The van der Waals surface area contributed by atoms with Gasteiger partial charge in [-0.2, -0.15) is 0 Å². The summed E-state index contributed by atoms with van der Waals surface area (Å²) in [5, 5.41) is 3.87. The smallest absolute Gasteiger partial charge is 0.0353 e. The van der Waals surface area contributed by atoms with E-state index in [0.29, 0.717) is 12.1 Å². The standard InChI is InChI=1S/C20H25N/c1-14-8-10-17(11-9-14)20(18-12-13-18)21-16(3)19-7-5-4-6-15(19)2/h4-11,16,18,20-21H,12-13H2,1-3H3. The lowest BCUT2D eigenvalue weighted by molar-refractivity contribution is 0.426. The van der Waals surface area contributed by atoms with Crippen LogP contribution in [0, 0.1) is 19.8 Å². The van der Waals surface area contributed by atoms with Gasteiger partial charge in [-0.3, -0.25) is 0 Å². The molecule has 1 heteroatoms. The highest BCUT2D eigenvalue weighted by Gasteiger charge is 2.33. The monoisotopic (exact) mass is 279 g/mol. The minimum Gasteiger partial charge on any atom is -0.303 e. The van der Waals surface area contributed by atoms with Gasteiger partial charge in [-0.1, -0.05) is 54.1 Å². The van der Waals surface area contributed by atoms with Crippen molar-refractivity contribution in [2.75, 3.05) is 0 Å². The van der Waals surface area contributed by atoms with Crippen LogP contribution < -0.4 is 5.32 Å². The molecule has 2 atom stereocenters. The van der Waals surface area contributed by atoms with Gasteiger partial charge in [0.1, 0.15) is 0 Å². The van der Waals surface area contributed by atoms with E-state index < -0.39 is 0 Å². The molecular formula is C20H25N. The van der Waals surface area contributed by atoms with Crippen molar-refractivity contribution in [2.45, 2.75) is 45.7 Å². The zero-order chi connectivity index (χ0) is 14.8. The molecule has 1 N–H and O–H groups in total. The van der Waals surface area contributed by atoms with Crippen molar-refractivity contribution in [2.24, 2.45) is 5.92 Å². The molecule has 1 nitrogen and oxygen atoms in total. The fourth-order valence-corrected chi connectivity index (χ4v) is 3.14. The molecule has 0 spiro atoms. The van der Waals surface area contributed by atoms with Crippen LogP contribution in [0.15, 0.2) is 48.5 Å². The van der Waals surface area contributed by atoms with E-state index in [1.54, 1.807) is 0 Å². The second kappa shape index (κ2) is 6.03. The van der Waals surface area contributed by atoms with E-state index in [-0.39, 0.29) is 0 Å². The molecule has 0 amide bonds. The molecule has 110 valence electrons. The molecule has 21 heavy (non-hydrogen) atoms. The van der Waals surface area contributed by atoms with Crippen LogP contribution in [0.4, 0.5) is 0 Å². The van der Waals surface area contributed by atoms with E-state index in [2.05, 4.69) is 74.6 Å². The number of hydrogen-bond acceptors (Lipinski definition) is 1. The Morgan fingerprint density at radius 2 is 1.62 bits per heavy atom. The molecular weight excluding hydrogens is 254 g/mol. The Hall–Kier alpha value is -1.60. The molecule has 2 aromatic rings. The molecule has 0 saturated heterocycles. The molecule has 0 aromatic heterocycles. The molecule has 3 rings (SSSR count). The third-order valence-electron chi connectivity index (χ3n) is 4.61. The van der Waals surface area contributed by atoms with Gasteiger partial charge in [0.15, 0.2) is 0 Å². The van der Waals surface area contributed by atoms with Gasteiger partial charge in [-0.05, 0) is 56.2 Å². The molecule has 0 heterocycles. The van der Waals surface area contributed by atoms with E-state index in [4.69, 9.17) is 0 Å². The van der Waals surface area contributed by atoms with E-state index in [9.17, 15) is 0 Å². The van der Waals surface area contributed by atoms with E-state index >= 15 is 0 Å². The summed E-state index contributed by atoms with van der Waals surface area (Å²) in [6.45, 7) is 6.64. The Bertz CT molecular complexity index is 595. The molecule has 2 unspecified atom stereocenters. The van der Waals surface area contributed by atoms with E-state index in [0.717, 1.165) is 5.92 Å².